The quantitative estimate of drug-likeness (QED) is 0.0197. The molecule has 12 heteroatoms. The molecule has 2 N–H and O–H groups in total. The zero-order chi connectivity index (χ0) is 51.3. The molecule has 11 nitrogen and oxygen atoms in total. The first kappa shape index (κ1) is 67.4. The third kappa shape index (κ3) is 50.4. The van der Waals surface area contributed by atoms with Gasteiger partial charge in [0.2, 0.25) is 0 Å². The lowest BCUT2D eigenvalue weighted by Crippen LogP contribution is -2.30. The van der Waals surface area contributed by atoms with Crippen LogP contribution in [-0.2, 0) is 42.2 Å². The number of phosphoric ester groups is 1. The summed E-state index contributed by atoms with van der Waals surface area (Å²) in [5.41, 5.74) is 0. The fourth-order valence-electron chi connectivity index (χ4n) is 7.84. The van der Waals surface area contributed by atoms with Gasteiger partial charge in [-0.2, -0.15) is 0 Å². The Balaban J connectivity index is 4.71. The summed E-state index contributed by atoms with van der Waals surface area (Å²) < 4.78 is 39.5. The minimum Gasteiger partial charge on any atom is -0.462 e. The number of hydrogen-bond donors (Lipinski definition) is 2. The van der Waals surface area contributed by atoms with Gasteiger partial charge in [0.15, 0.2) is 6.10 Å². The predicted octanol–water partition coefficient (Wildman–Crippen LogP) is 16.6. The SMILES string of the molecule is CCC/C=C\C/C=C\CCCCCCCC(=O)OC(COC(=O)CCCCCCCCC/C=C\C/C=C\CCCCC)COP(=O)(O)OCC(CO)OC(=O)CCCCCCCCCCCCCCC. The maximum atomic E-state index is 12.9. The van der Waals surface area contributed by atoms with E-state index >= 15 is 0 Å². The standard InChI is InChI=1S/C58H105O11P/c1-4-7-10-13-16-19-22-25-26-27-28-31-32-35-38-41-44-47-56(60)65-51-55(69-58(62)49-46-43-40-37-34-30-24-21-18-15-12-9-6-3)53-67-70(63,64)66-52-54(50-59)68-57(61)48-45-42-39-36-33-29-23-20-17-14-11-8-5-2/h12,15-16,19,21,24-26,54-55,59H,4-11,13-14,17-18,20,22-23,27-53H2,1-3H3,(H,63,64)/b15-12-,19-16-,24-21-,26-25-. The summed E-state index contributed by atoms with van der Waals surface area (Å²) in [5, 5.41) is 9.80. The Morgan fingerprint density at radius 1 is 0.400 bits per heavy atom. The molecular formula is C58H105O11P. The molecule has 0 aromatic rings. The van der Waals surface area contributed by atoms with Crippen LogP contribution in [-0.4, -0.2) is 66.5 Å². The summed E-state index contributed by atoms with van der Waals surface area (Å²) in [6, 6.07) is 0. The number of aliphatic hydroxyl groups is 1. The van der Waals surface area contributed by atoms with Crippen molar-refractivity contribution in [2.45, 2.75) is 277 Å². The summed E-state index contributed by atoms with van der Waals surface area (Å²) >= 11 is 0. The van der Waals surface area contributed by atoms with Crippen LogP contribution in [0.3, 0.4) is 0 Å². The van der Waals surface area contributed by atoms with Crippen molar-refractivity contribution < 1.29 is 52.2 Å². The smallest absolute Gasteiger partial charge is 0.462 e. The monoisotopic (exact) mass is 1010 g/mol. The molecule has 3 atom stereocenters. The highest BCUT2D eigenvalue weighted by atomic mass is 31.2. The van der Waals surface area contributed by atoms with Gasteiger partial charge in [0.25, 0.3) is 0 Å². The normalized spacial score (nSPS) is 13.7. The first-order valence-corrected chi connectivity index (χ1v) is 30.0. The Morgan fingerprint density at radius 3 is 1.14 bits per heavy atom. The van der Waals surface area contributed by atoms with Crippen LogP contribution in [0.5, 0.6) is 0 Å². The maximum absolute atomic E-state index is 12.9. The first-order valence-electron chi connectivity index (χ1n) is 28.5. The van der Waals surface area contributed by atoms with Crippen molar-refractivity contribution in [1.82, 2.24) is 0 Å². The minimum atomic E-state index is -4.75. The van der Waals surface area contributed by atoms with Crippen LogP contribution in [0.1, 0.15) is 265 Å². The van der Waals surface area contributed by atoms with E-state index in [2.05, 4.69) is 69.4 Å². The van der Waals surface area contributed by atoms with Gasteiger partial charge in [0.1, 0.15) is 12.7 Å². The zero-order valence-corrected chi connectivity index (χ0v) is 45.9. The molecule has 408 valence electrons. The molecule has 0 rings (SSSR count). The topological polar surface area (TPSA) is 155 Å². The van der Waals surface area contributed by atoms with E-state index in [-0.39, 0.29) is 25.9 Å². The number of esters is 3. The number of aliphatic hydroxyl groups excluding tert-OH is 1. The molecule has 0 aliphatic carbocycles. The molecule has 0 aliphatic heterocycles. The number of rotatable bonds is 53. The van der Waals surface area contributed by atoms with Gasteiger partial charge in [-0.25, -0.2) is 4.57 Å². The number of phosphoric acid groups is 1. The summed E-state index contributed by atoms with van der Waals surface area (Å²) in [7, 11) is -4.75. The molecule has 0 fully saturated rings. The van der Waals surface area contributed by atoms with Gasteiger partial charge in [0.05, 0.1) is 19.8 Å². The number of carbonyl (C=O) groups excluding carboxylic acids is 3. The molecule has 0 radical (unpaired) electrons. The van der Waals surface area contributed by atoms with Crippen molar-refractivity contribution in [2.75, 3.05) is 26.4 Å². The molecule has 3 unspecified atom stereocenters. The van der Waals surface area contributed by atoms with Gasteiger partial charge in [-0.15, -0.1) is 0 Å². The number of unbranched alkanes of at least 4 members (excludes halogenated alkanes) is 28. The van der Waals surface area contributed by atoms with Crippen molar-refractivity contribution >= 4 is 25.7 Å². The molecule has 0 aromatic carbocycles. The fraction of sp³-hybridized carbons (Fsp3) is 0.810. The Hall–Kier alpha value is -2.56. The van der Waals surface area contributed by atoms with Crippen molar-refractivity contribution in [3.05, 3.63) is 48.6 Å². The van der Waals surface area contributed by atoms with Crippen LogP contribution < -0.4 is 0 Å². The van der Waals surface area contributed by atoms with Crippen molar-refractivity contribution in [1.29, 1.82) is 0 Å². The Morgan fingerprint density at radius 2 is 0.729 bits per heavy atom. The highest BCUT2D eigenvalue weighted by molar-refractivity contribution is 7.47. The van der Waals surface area contributed by atoms with Crippen molar-refractivity contribution in [2.24, 2.45) is 0 Å². The molecule has 0 saturated heterocycles. The van der Waals surface area contributed by atoms with E-state index in [4.69, 9.17) is 23.3 Å². The largest absolute Gasteiger partial charge is 0.472 e. The molecule has 0 spiro atoms. The average Bonchev–Trinajstić information content (AvgIpc) is 3.35. The number of hydrogen-bond acceptors (Lipinski definition) is 10. The third-order valence-corrected chi connectivity index (χ3v) is 13.2. The van der Waals surface area contributed by atoms with Crippen molar-refractivity contribution in [3.8, 4) is 0 Å². The van der Waals surface area contributed by atoms with E-state index in [1.807, 2.05) is 0 Å². The second-order valence-electron chi connectivity index (χ2n) is 19.1. The molecule has 0 bridgehead atoms. The Labute approximate surface area is 428 Å². The first-order chi connectivity index (χ1) is 34.2. The summed E-state index contributed by atoms with van der Waals surface area (Å²) in [4.78, 5) is 48.5. The van der Waals surface area contributed by atoms with Crippen LogP contribution in [0.25, 0.3) is 0 Å². The molecule has 0 aliphatic rings. The molecule has 0 amide bonds. The van der Waals surface area contributed by atoms with Crippen LogP contribution in [0.15, 0.2) is 48.6 Å². The third-order valence-electron chi connectivity index (χ3n) is 12.2. The lowest BCUT2D eigenvalue weighted by Gasteiger charge is -2.21. The highest BCUT2D eigenvalue weighted by Crippen LogP contribution is 2.43. The maximum Gasteiger partial charge on any atom is 0.472 e. The van der Waals surface area contributed by atoms with E-state index in [0.29, 0.717) is 19.3 Å². The van der Waals surface area contributed by atoms with Gasteiger partial charge >= 0.3 is 25.7 Å². The van der Waals surface area contributed by atoms with Crippen LogP contribution in [0, 0.1) is 0 Å². The molecule has 0 heterocycles. The highest BCUT2D eigenvalue weighted by Gasteiger charge is 2.28. The molecule has 70 heavy (non-hydrogen) atoms. The minimum absolute atomic E-state index is 0.151. The number of allylic oxidation sites excluding steroid dienone is 8. The van der Waals surface area contributed by atoms with E-state index in [1.54, 1.807) is 0 Å². The van der Waals surface area contributed by atoms with Crippen LogP contribution >= 0.6 is 7.82 Å². The van der Waals surface area contributed by atoms with E-state index in [1.165, 1.54) is 103 Å². The van der Waals surface area contributed by atoms with Gasteiger partial charge in [-0.1, -0.05) is 217 Å². The second-order valence-corrected chi connectivity index (χ2v) is 20.6. The predicted molar refractivity (Wildman–Crippen MR) is 289 cm³/mol. The number of carbonyl (C=O) groups is 3. The lowest BCUT2D eigenvalue weighted by atomic mass is 10.0. The number of ether oxygens (including phenoxy) is 3. The van der Waals surface area contributed by atoms with E-state index in [0.717, 1.165) is 103 Å². The van der Waals surface area contributed by atoms with E-state index < -0.39 is 57.8 Å². The second kappa shape index (κ2) is 52.8. The van der Waals surface area contributed by atoms with Gasteiger partial charge in [-0.3, -0.25) is 23.4 Å². The Kier molecular flexibility index (Phi) is 50.8. The molecular weight excluding hydrogens is 904 g/mol. The lowest BCUT2D eigenvalue weighted by molar-refractivity contribution is -0.161. The van der Waals surface area contributed by atoms with Gasteiger partial charge in [-0.05, 0) is 77.0 Å². The Bertz CT molecular complexity index is 1360. The summed E-state index contributed by atoms with van der Waals surface area (Å²) in [5.74, 6) is -1.48. The van der Waals surface area contributed by atoms with Gasteiger partial charge < -0.3 is 24.2 Å². The zero-order valence-electron chi connectivity index (χ0n) is 45.0. The van der Waals surface area contributed by atoms with Crippen LogP contribution in [0.2, 0.25) is 0 Å². The van der Waals surface area contributed by atoms with E-state index in [9.17, 15) is 28.9 Å². The van der Waals surface area contributed by atoms with Crippen molar-refractivity contribution in [3.63, 3.8) is 0 Å². The fourth-order valence-corrected chi connectivity index (χ4v) is 8.62. The molecule has 0 aromatic heterocycles. The average molecular weight is 1010 g/mol. The van der Waals surface area contributed by atoms with Gasteiger partial charge in [0, 0.05) is 19.3 Å². The summed E-state index contributed by atoms with van der Waals surface area (Å²) in [6.45, 7) is 4.55. The molecule has 0 saturated carbocycles. The summed E-state index contributed by atoms with van der Waals surface area (Å²) in [6.07, 6.45) is 54.9. The van der Waals surface area contributed by atoms with Crippen LogP contribution in [0.4, 0.5) is 0 Å².